The molecule has 0 unspecified atom stereocenters. The third-order valence-electron chi connectivity index (χ3n) is 6.62. The number of carbonyl (C=O) groups is 2. The van der Waals surface area contributed by atoms with Crippen LogP contribution >= 0.6 is 23.2 Å². The average Bonchev–Trinajstić information content (AvgIpc) is 2.70. The number of nitrogens with zero attached hydrogens (tertiary/aromatic N) is 1. The van der Waals surface area contributed by atoms with Crippen molar-refractivity contribution in [2.75, 3.05) is 6.61 Å². The molecular formula is C26H30Cl2N2O3. The normalized spacial score (nSPS) is 23.3. The Balaban J connectivity index is 1.23. The van der Waals surface area contributed by atoms with Crippen molar-refractivity contribution in [1.82, 2.24) is 10.3 Å². The predicted octanol–water partition coefficient (Wildman–Crippen LogP) is 6.06. The van der Waals surface area contributed by atoms with Gasteiger partial charge in [-0.05, 0) is 72.8 Å². The van der Waals surface area contributed by atoms with Crippen LogP contribution in [0, 0.1) is 10.8 Å². The number of ketones is 1. The number of benzene rings is 1. The van der Waals surface area contributed by atoms with Crippen LogP contribution in [0.3, 0.4) is 0 Å². The van der Waals surface area contributed by atoms with E-state index in [1.54, 1.807) is 24.4 Å². The van der Waals surface area contributed by atoms with Gasteiger partial charge in [0.2, 0.25) is 0 Å². The quantitative estimate of drug-likeness (QED) is 0.435. The highest BCUT2D eigenvalue weighted by atomic mass is 35.5. The van der Waals surface area contributed by atoms with Gasteiger partial charge >= 0.3 is 0 Å². The van der Waals surface area contributed by atoms with E-state index in [2.05, 4.69) is 31.1 Å². The van der Waals surface area contributed by atoms with Gasteiger partial charge in [-0.15, -0.1) is 0 Å². The third-order valence-corrected chi connectivity index (χ3v) is 7.35. The van der Waals surface area contributed by atoms with Crippen molar-refractivity contribution in [2.45, 2.75) is 64.8 Å². The molecule has 1 amide bonds. The first-order valence-electron chi connectivity index (χ1n) is 11.3. The molecule has 0 saturated heterocycles. The molecule has 1 N–H and O–H groups in total. The van der Waals surface area contributed by atoms with Gasteiger partial charge in [0.15, 0.2) is 12.4 Å². The lowest BCUT2D eigenvalue weighted by atomic mass is 9.38. The van der Waals surface area contributed by atoms with Gasteiger partial charge in [0.25, 0.3) is 5.91 Å². The molecule has 0 radical (unpaired) electrons. The zero-order valence-corrected chi connectivity index (χ0v) is 20.9. The van der Waals surface area contributed by atoms with Gasteiger partial charge in [0.1, 0.15) is 11.4 Å². The van der Waals surface area contributed by atoms with E-state index in [1.165, 1.54) is 0 Å². The van der Waals surface area contributed by atoms with Crippen LogP contribution < -0.4 is 10.1 Å². The second-order valence-electron chi connectivity index (χ2n) is 10.9. The number of rotatable bonds is 9. The number of Topliss-reactive ketones (excluding diaryl/α,β-unsaturated/α-hetero) is 1. The van der Waals surface area contributed by atoms with Crippen LogP contribution in [0.1, 0.15) is 68.9 Å². The molecule has 3 aliphatic carbocycles. The summed E-state index contributed by atoms with van der Waals surface area (Å²) in [6.45, 7) is 6.57. The van der Waals surface area contributed by atoms with E-state index in [9.17, 15) is 9.59 Å². The van der Waals surface area contributed by atoms with Crippen molar-refractivity contribution >= 4 is 34.9 Å². The molecule has 1 aromatic heterocycles. The van der Waals surface area contributed by atoms with Crippen molar-refractivity contribution in [3.63, 3.8) is 0 Å². The smallest absolute Gasteiger partial charge is 0.258 e. The molecule has 3 aliphatic rings. The highest BCUT2D eigenvalue weighted by Gasteiger charge is 2.68. The van der Waals surface area contributed by atoms with Crippen molar-refractivity contribution < 1.29 is 14.3 Å². The summed E-state index contributed by atoms with van der Waals surface area (Å²) in [5.74, 6) is 0.417. The Morgan fingerprint density at radius 1 is 1.09 bits per heavy atom. The molecule has 176 valence electrons. The van der Waals surface area contributed by atoms with Gasteiger partial charge in [-0.1, -0.05) is 44.0 Å². The predicted molar refractivity (Wildman–Crippen MR) is 130 cm³/mol. The van der Waals surface area contributed by atoms with Gasteiger partial charge in [-0.3, -0.25) is 14.6 Å². The highest BCUT2D eigenvalue weighted by Crippen LogP contribution is 2.69. The SMILES string of the molecule is CC(C)(C)CCc1ccnc(C(=O)CC23CC(NC(=O)COc4ccc(Cl)c(Cl)c4)(C2)C3)c1. The van der Waals surface area contributed by atoms with Crippen LogP contribution in [0.4, 0.5) is 0 Å². The van der Waals surface area contributed by atoms with E-state index >= 15 is 0 Å². The maximum Gasteiger partial charge on any atom is 0.258 e. The van der Waals surface area contributed by atoms with E-state index in [0.717, 1.165) is 37.7 Å². The Bertz CT molecular complexity index is 1060. The number of ether oxygens (including phenoxy) is 1. The number of aromatic nitrogens is 1. The summed E-state index contributed by atoms with van der Waals surface area (Å²) in [5, 5.41) is 3.91. The number of pyridine rings is 1. The second-order valence-corrected chi connectivity index (χ2v) is 11.7. The number of nitrogens with one attached hydrogen (secondary N) is 1. The Morgan fingerprint density at radius 3 is 2.48 bits per heavy atom. The van der Waals surface area contributed by atoms with E-state index in [1.807, 2.05) is 12.1 Å². The van der Waals surface area contributed by atoms with E-state index < -0.39 is 0 Å². The van der Waals surface area contributed by atoms with Crippen LogP contribution in [-0.2, 0) is 11.2 Å². The first-order valence-corrected chi connectivity index (χ1v) is 12.1. The van der Waals surface area contributed by atoms with Crippen LogP contribution in [-0.4, -0.2) is 28.8 Å². The topological polar surface area (TPSA) is 68.3 Å². The van der Waals surface area contributed by atoms with Crippen molar-refractivity contribution in [2.24, 2.45) is 10.8 Å². The van der Waals surface area contributed by atoms with Crippen molar-refractivity contribution in [1.29, 1.82) is 0 Å². The van der Waals surface area contributed by atoms with E-state index in [0.29, 0.717) is 27.9 Å². The number of amides is 1. The standard InChI is InChI=1S/C26H30Cl2N2O3/c1-24(2,3)8-6-17-7-9-29-21(10-17)22(31)12-25-14-26(15-25,16-25)30-23(32)13-33-18-4-5-19(27)20(28)11-18/h4-5,7,9-11H,6,8,12-16H2,1-3H3,(H,30,32). The Labute approximate surface area is 205 Å². The van der Waals surface area contributed by atoms with Crippen LogP contribution in [0.5, 0.6) is 5.75 Å². The molecule has 3 fully saturated rings. The van der Waals surface area contributed by atoms with E-state index in [-0.39, 0.29) is 34.7 Å². The summed E-state index contributed by atoms with van der Waals surface area (Å²) < 4.78 is 5.52. The number of carbonyl (C=O) groups excluding carboxylic acids is 2. The lowest BCUT2D eigenvalue weighted by molar-refractivity contribution is -0.164. The summed E-state index contributed by atoms with van der Waals surface area (Å²) in [5.41, 5.74) is 1.77. The summed E-state index contributed by atoms with van der Waals surface area (Å²) in [6.07, 6.45) is 6.71. The molecule has 1 heterocycles. The van der Waals surface area contributed by atoms with Crippen molar-refractivity contribution in [3.05, 3.63) is 57.8 Å². The Hall–Kier alpha value is -2.11. The molecule has 5 nitrogen and oxygen atoms in total. The molecule has 2 aromatic rings. The number of hydrogen-bond donors (Lipinski definition) is 1. The van der Waals surface area contributed by atoms with Crippen LogP contribution in [0.15, 0.2) is 36.5 Å². The first-order chi connectivity index (χ1) is 15.5. The fourth-order valence-corrected chi connectivity index (χ4v) is 5.39. The average molecular weight is 489 g/mol. The zero-order chi connectivity index (χ0) is 23.9. The molecule has 0 atom stereocenters. The molecule has 0 spiro atoms. The molecule has 2 bridgehead atoms. The molecule has 7 heteroatoms. The van der Waals surface area contributed by atoms with Gasteiger partial charge in [0, 0.05) is 24.2 Å². The van der Waals surface area contributed by atoms with Gasteiger partial charge in [-0.2, -0.15) is 0 Å². The summed E-state index contributed by atoms with van der Waals surface area (Å²) in [6, 6.07) is 8.83. The molecule has 5 rings (SSSR count). The Kier molecular flexibility index (Phi) is 6.49. The molecule has 33 heavy (non-hydrogen) atoms. The minimum Gasteiger partial charge on any atom is -0.484 e. The maximum absolute atomic E-state index is 12.9. The molecular weight excluding hydrogens is 459 g/mol. The lowest BCUT2D eigenvalue weighted by Crippen LogP contribution is -2.75. The zero-order valence-electron chi connectivity index (χ0n) is 19.3. The van der Waals surface area contributed by atoms with Crippen LogP contribution in [0.25, 0.3) is 0 Å². The summed E-state index contributed by atoms with van der Waals surface area (Å²) in [7, 11) is 0. The monoisotopic (exact) mass is 488 g/mol. The lowest BCUT2D eigenvalue weighted by Gasteiger charge is -2.70. The molecule has 0 aliphatic heterocycles. The molecule has 1 aromatic carbocycles. The fraction of sp³-hybridized carbons (Fsp3) is 0.500. The summed E-state index contributed by atoms with van der Waals surface area (Å²) in [4.78, 5) is 29.5. The number of hydrogen-bond acceptors (Lipinski definition) is 4. The Morgan fingerprint density at radius 2 is 1.82 bits per heavy atom. The number of halogens is 2. The minimum absolute atomic E-state index is 0.00196. The van der Waals surface area contributed by atoms with Gasteiger partial charge < -0.3 is 10.1 Å². The van der Waals surface area contributed by atoms with Crippen molar-refractivity contribution in [3.8, 4) is 5.75 Å². The van der Waals surface area contributed by atoms with Gasteiger partial charge in [0.05, 0.1) is 10.0 Å². The third kappa shape index (κ3) is 5.70. The summed E-state index contributed by atoms with van der Waals surface area (Å²) >= 11 is 11.9. The van der Waals surface area contributed by atoms with E-state index in [4.69, 9.17) is 27.9 Å². The molecule has 3 saturated carbocycles. The number of aryl methyl sites for hydroxylation is 1. The second kappa shape index (κ2) is 8.92. The fourth-order valence-electron chi connectivity index (χ4n) is 5.10. The van der Waals surface area contributed by atoms with Gasteiger partial charge in [-0.25, -0.2) is 0 Å². The van der Waals surface area contributed by atoms with Crippen LogP contribution in [0.2, 0.25) is 10.0 Å². The minimum atomic E-state index is -0.194. The highest BCUT2D eigenvalue weighted by molar-refractivity contribution is 6.42. The first kappa shape index (κ1) is 24.0. The maximum atomic E-state index is 12.9. The largest absolute Gasteiger partial charge is 0.484 e.